The Hall–Kier alpha value is -5.92. The van der Waals surface area contributed by atoms with Gasteiger partial charge in [-0.25, -0.2) is 14.4 Å². The third-order valence-corrected chi connectivity index (χ3v) is 10.1. The molecule has 0 radical (unpaired) electrons. The lowest BCUT2D eigenvalue weighted by molar-refractivity contribution is -0.0872. The van der Waals surface area contributed by atoms with Crippen LogP contribution in [0.5, 0.6) is 0 Å². The van der Waals surface area contributed by atoms with Crippen LogP contribution in [0.15, 0.2) is 150 Å². The Bertz CT molecular complexity index is 1900. The van der Waals surface area contributed by atoms with Gasteiger partial charge in [0.2, 0.25) is 0 Å². The smallest absolute Gasteiger partial charge is 0.338 e. The number of hydrogen-bond donors (Lipinski definition) is 0. The molecule has 0 heterocycles. The molecule has 0 bridgehead atoms. The summed E-state index contributed by atoms with van der Waals surface area (Å²) in [6, 6.07) is 11.8. The van der Waals surface area contributed by atoms with E-state index in [4.69, 9.17) is 56.8 Å². The van der Waals surface area contributed by atoms with Crippen LogP contribution in [0.4, 0.5) is 0 Å². The van der Waals surface area contributed by atoms with E-state index in [0.29, 0.717) is 0 Å². The fourth-order valence-electron chi connectivity index (χ4n) is 6.50. The number of carbonyl (C=O) groups is 4. The van der Waals surface area contributed by atoms with Gasteiger partial charge in [0.1, 0.15) is 26.4 Å². The second-order valence-electron chi connectivity index (χ2n) is 16.7. The molecule has 2 aromatic carbocycles. The number of Topliss-reactive ketones (excluding diaryl/α,β-unsaturated/α-hetero) is 1. The maximum atomic E-state index is 13.5. The molecule has 0 N–H and O–H groups in total. The van der Waals surface area contributed by atoms with Crippen molar-refractivity contribution in [3.63, 3.8) is 0 Å². The Balaban J connectivity index is 2.17. The third kappa shape index (κ3) is 24.0. The van der Waals surface area contributed by atoms with Gasteiger partial charge in [0.05, 0.1) is 145 Å². The van der Waals surface area contributed by atoms with Gasteiger partial charge in [-0.1, -0.05) is 60.7 Å². The van der Waals surface area contributed by atoms with Crippen molar-refractivity contribution < 1.29 is 76.0 Å². The molecule has 16 nitrogen and oxygen atoms in total. The third-order valence-electron chi connectivity index (χ3n) is 10.1. The molecule has 0 aliphatic rings. The Morgan fingerprint density at radius 3 is 0.708 bits per heavy atom. The second-order valence-corrected chi connectivity index (χ2v) is 16.7. The minimum atomic E-state index is -1.09. The summed E-state index contributed by atoms with van der Waals surface area (Å²) in [5.41, 5.74) is -1.97. The summed E-state index contributed by atoms with van der Waals surface area (Å²) in [6.45, 7) is 31.5. The largest absolute Gasteiger partial charge is 0.461 e. The Morgan fingerprint density at radius 1 is 0.306 bits per heavy atom. The van der Waals surface area contributed by atoms with Crippen LogP contribution in [-0.4, -0.2) is 162 Å². The number of ether oxygens (including phenoxy) is 12. The first-order chi connectivity index (χ1) is 34.9. The van der Waals surface area contributed by atoms with Crippen LogP contribution in [0.3, 0.4) is 0 Å². The van der Waals surface area contributed by atoms with Crippen molar-refractivity contribution in [2.75, 3.05) is 139 Å². The average molecular weight is 1000 g/mol. The summed E-state index contributed by atoms with van der Waals surface area (Å²) >= 11 is 0. The minimum absolute atomic E-state index is 0.000964. The van der Waals surface area contributed by atoms with Crippen molar-refractivity contribution in [2.24, 2.45) is 16.2 Å². The molecule has 0 fully saturated rings. The Kier molecular flexibility index (Phi) is 31.9. The summed E-state index contributed by atoms with van der Waals surface area (Å²) in [6.07, 6.45) is 12.8. The zero-order valence-corrected chi connectivity index (χ0v) is 41.8. The minimum Gasteiger partial charge on any atom is -0.461 e. The quantitative estimate of drug-likeness (QED) is 0.0208. The van der Waals surface area contributed by atoms with Crippen molar-refractivity contribution >= 4 is 23.7 Å². The average Bonchev–Trinajstić information content (AvgIpc) is 3.39. The van der Waals surface area contributed by atoms with E-state index < -0.39 is 34.2 Å². The number of esters is 3. The fourth-order valence-corrected chi connectivity index (χ4v) is 6.50. The van der Waals surface area contributed by atoms with Gasteiger partial charge in [0.25, 0.3) is 0 Å². The van der Waals surface area contributed by atoms with Crippen LogP contribution in [0.2, 0.25) is 0 Å². The maximum absolute atomic E-state index is 13.5. The number of hydrogen-bond acceptors (Lipinski definition) is 16. The van der Waals surface area contributed by atoms with Gasteiger partial charge in [0, 0.05) is 5.56 Å². The highest BCUT2D eigenvalue weighted by Gasteiger charge is 2.37. The molecule has 0 aromatic heterocycles. The lowest BCUT2D eigenvalue weighted by Crippen LogP contribution is -2.43. The summed E-state index contributed by atoms with van der Waals surface area (Å²) in [7, 11) is 0. The maximum Gasteiger partial charge on any atom is 0.338 e. The van der Waals surface area contributed by atoms with E-state index in [1.807, 2.05) is 0 Å². The van der Waals surface area contributed by atoms with Gasteiger partial charge in [-0.3, -0.25) is 4.79 Å². The molecule has 0 amide bonds. The van der Waals surface area contributed by atoms with Gasteiger partial charge < -0.3 is 56.8 Å². The van der Waals surface area contributed by atoms with Crippen LogP contribution >= 0.6 is 0 Å². The number of carbonyl (C=O) groups excluding carboxylic acids is 4. The normalized spacial score (nSPS) is 11.4. The van der Waals surface area contributed by atoms with E-state index >= 15 is 0 Å². The molecule has 0 spiro atoms. The predicted molar refractivity (Wildman–Crippen MR) is 274 cm³/mol. The monoisotopic (exact) mass is 1000 g/mol. The van der Waals surface area contributed by atoms with E-state index in [9.17, 15) is 19.2 Å². The van der Waals surface area contributed by atoms with E-state index in [0.717, 1.165) is 0 Å². The molecule has 16 heteroatoms. The summed E-state index contributed by atoms with van der Waals surface area (Å²) in [4.78, 5) is 53.4. The first-order valence-electron chi connectivity index (χ1n) is 23.3. The summed E-state index contributed by atoms with van der Waals surface area (Å²) in [5.74, 6) is -2.36. The standard InChI is InChI=1S/C56H74O16/c1-9-25-61-34-54(35-62-26-10-2,36-63-27-11-3)43-70-51(58)47-19-17-46(18-20-47)50(57)33-69-42-56(40-67-31-15-7,41-68-32-16-8)45-72-53(60)49-23-21-48(22-24-49)52(59)71-44-55(37-64-28-12-4,38-65-29-13-5)39-66-30-14-6/h9-24H,1-8,25-45H2. The Labute approximate surface area is 425 Å². The highest BCUT2D eigenvalue weighted by Crippen LogP contribution is 2.25. The summed E-state index contributed by atoms with van der Waals surface area (Å²) in [5, 5.41) is 0. The lowest BCUT2D eigenvalue weighted by Gasteiger charge is -2.32. The molecule has 0 aliphatic carbocycles. The van der Waals surface area contributed by atoms with Crippen molar-refractivity contribution in [2.45, 2.75) is 0 Å². The van der Waals surface area contributed by atoms with Gasteiger partial charge in [-0.05, 0) is 36.4 Å². The van der Waals surface area contributed by atoms with Crippen LogP contribution in [0.1, 0.15) is 41.4 Å². The van der Waals surface area contributed by atoms with Gasteiger partial charge in [-0.2, -0.15) is 0 Å². The zero-order chi connectivity index (χ0) is 52.8. The molecular formula is C56H74O16. The van der Waals surface area contributed by atoms with Crippen molar-refractivity contribution in [3.8, 4) is 0 Å². The fraction of sp³-hybridized carbons (Fsp3) is 0.429. The highest BCUT2D eigenvalue weighted by atomic mass is 16.6. The van der Waals surface area contributed by atoms with E-state index in [-0.39, 0.29) is 167 Å². The molecule has 0 saturated carbocycles. The number of benzene rings is 2. The molecular weight excluding hydrogens is 929 g/mol. The molecule has 0 saturated heterocycles. The van der Waals surface area contributed by atoms with E-state index in [1.165, 1.54) is 48.5 Å². The van der Waals surface area contributed by atoms with Crippen molar-refractivity contribution in [1.29, 1.82) is 0 Å². The second kappa shape index (κ2) is 36.9. The van der Waals surface area contributed by atoms with Crippen LogP contribution in [-0.2, 0) is 56.8 Å². The summed E-state index contributed by atoms with van der Waals surface area (Å²) < 4.78 is 69.4. The SMILES string of the molecule is C=CCOCC(COCC=C)(COCC=C)COC(=O)c1ccc(C(=O)COCC(COCC=C)(COCC=C)COC(=O)c2ccc(C(=O)OCC(COCC=C)(COCC=C)COCC=C)cc2)cc1. The predicted octanol–water partition coefficient (Wildman–Crippen LogP) is 7.64. The van der Waals surface area contributed by atoms with Crippen LogP contribution < -0.4 is 0 Å². The van der Waals surface area contributed by atoms with E-state index in [1.54, 1.807) is 48.6 Å². The Morgan fingerprint density at radius 2 is 0.500 bits per heavy atom. The molecule has 2 aromatic rings. The first-order valence-corrected chi connectivity index (χ1v) is 23.3. The molecule has 394 valence electrons. The molecule has 72 heavy (non-hydrogen) atoms. The molecule has 2 rings (SSSR count). The van der Waals surface area contributed by atoms with Gasteiger partial charge in [0.15, 0.2) is 5.78 Å². The van der Waals surface area contributed by atoms with Gasteiger partial charge >= 0.3 is 17.9 Å². The zero-order valence-electron chi connectivity index (χ0n) is 41.8. The molecule has 0 aliphatic heterocycles. The first kappa shape index (κ1) is 62.2. The number of rotatable bonds is 46. The highest BCUT2D eigenvalue weighted by molar-refractivity contribution is 5.98. The molecule has 0 unspecified atom stereocenters. The van der Waals surface area contributed by atoms with E-state index in [2.05, 4.69) is 52.6 Å². The topological polar surface area (TPSA) is 179 Å². The van der Waals surface area contributed by atoms with Crippen LogP contribution in [0.25, 0.3) is 0 Å². The van der Waals surface area contributed by atoms with Crippen molar-refractivity contribution in [1.82, 2.24) is 0 Å². The molecule has 0 atom stereocenters. The van der Waals surface area contributed by atoms with Crippen molar-refractivity contribution in [3.05, 3.63) is 172 Å². The van der Waals surface area contributed by atoms with Crippen LogP contribution in [0, 0.1) is 16.2 Å². The number of ketones is 1. The lowest BCUT2D eigenvalue weighted by atomic mass is 9.92. The van der Waals surface area contributed by atoms with Gasteiger partial charge in [-0.15, -0.1) is 52.6 Å².